The molecule has 0 heterocycles. The third-order valence-electron chi connectivity index (χ3n) is 7.83. The first kappa shape index (κ1) is 23.4. The highest BCUT2D eigenvalue weighted by Crippen LogP contribution is 2.59. The normalized spacial score (nSPS) is 23.8. The number of hydroxylamine groups is 1. The minimum Gasteiger partial charge on any atom is -0.339 e. The first-order valence-corrected chi connectivity index (χ1v) is 11.7. The van der Waals surface area contributed by atoms with Gasteiger partial charge in [-0.15, -0.1) is 0 Å². The van der Waals surface area contributed by atoms with Gasteiger partial charge in [-0.1, -0.05) is 50.2 Å². The molecule has 3 aliphatic carbocycles. The van der Waals surface area contributed by atoms with Gasteiger partial charge in [-0.3, -0.25) is 14.8 Å². The number of carbonyl (C=O) groups excluding carboxylic acids is 2. The van der Waals surface area contributed by atoms with E-state index in [0.29, 0.717) is 17.0 Å². The van der Waals surface area contributed by atoms with Gasteiger partial charge in [-0.05, 0) is 65.3 Å². The van der Waals surface area contributed by atoms with E-state index in [1.807, 2.05) is 12.1 Å². The maximum atomic E-state index is 12.4. The van der Waals surface area contributed by atoms with Gasteiger partial charge in [-0.2, -0.15) is 0 Å². The molecule has 33 heavy (non-hydrogen) atoms. The van der Waals surface area contributed by atoms with Crippen molar-refractivity contribution in [1.82, 2.24) is 16.1 Å². The Morgan fingerprint density at radius 3 is 2.24 bits per heavy atom. The van der Waals surface area contributed by atoms with Crippen molar-refractivity contribution in [2.45, 2.75) is 51.7 Å². The van der Waals surface area contributed by atoms with E-state index in [0.717, 1.165) is 29.5 Å². The average molecular weight is 451 g/mol. The van der Waals surface area contributed by atoms with Crippen LogP contribution >= 0.6 is 0 Å². The molecule has 6 N–H and O–H groups in total. The molecule has 1 unspecified atom stereocenters. The summed E-state index contributed by atoms with van der Waals surface area (Å²) in [6, 6.07) is 15.3. The molecule has 2 aromatic rings. The number of nitrogens with two attached hydrogens (primary N) is 1. The van der Waals surface area contributed by atoms with E-state index in [9.17, 15) is 9.59 Å². The molecule has 2 aromatic carbocycles. The van der Waals surface area contributed by atoms with E-state index in [-0.39, 0.29) is 6.54 Å². The molecular weight excluding hydrogens is 416 g/mol. The summed E-state index contributed by atoms with van der Waals surface area (Å²) in [5.41, 5.74) is 11.2. The van der Waals surface area contributed by atoms with Crippen LogP contribution in [0.4, 0.5) is 0 Å². The van der Waals surface area contributed by atoms with Gasteiger partial charge in [0.1, 0.15) is 6.04 Å². The van der Waals surface area contributed by atoms with Crippen molar-refractivity contribution in [3.63, 3.8) is 0 Å². The van der Waals surface area contributed by atoms with Crippen LogP contribution in [-0.2, 0) is 11.3 Å². The van der Waals surface area contributed by atoms with E-state index in [1.165, 1.54) is 30.3 Å². The molecule has 3 fully saturated rings. The lowest BCUT2D eigenvalue weighted by molar-refractivity contribution is -0.130. The molecule has 5 rings (SSSR count). The number of nitrogens with one attached hydrogen (secondary N) is 3. The Hall–Kier alpha value is -2.74. The second-order valence-electron chi connectivity index (χ2n) is 9.94. The van der Waals surface area contributed by atoms with Crippen molar-refractivity contribution in [2.75, 3.05) is 6.54 Å². The molecule has 0 saturated heterocycles. The van der Waals surface area contributed by atoms with Gasteiger partial charge in [0.2, 0.25) is 0 Å². The predicted octanol–water partition coefficient (Wildman–Crippen LogP) is 2.83. The van der Waals surface area contributed by atoms with Crippen LogP contribution < -0.4 is 21.8 Å². The highest BCUT2D eigenvalue weighted by Gasteiger charge is 2.53. The summed E-state index contributed by atoms with van der Waals surface area (Å²) in [5, 5.41) is 15.0. The van der Waals surface area contributed by atoms with Crippen molar-refractivity contribution in [2.24, 2.45) is 23.0 Å². The quantitative estimate of drug-likeness (QED) is 0.313. The number of amides is 2. The van der Waals surface area contributed by atoms with Crippen LogP contribution in [0.2, 0.25) is 0 Å². The third kappa shape index (κ3) is 4.81. The van der Waals surface area contributed by atoms with E-state index in [1.54, 1.807) is 12.1 Å². The van der Waals surface area contributed by atoms with Gasteiger partial charge in [0.25, 0.3) is 11.8 Å². The average Bonchev–Trinajstić information content (AvgIpc) is 2.85. The van der Waals surface area contributed by atoms with Crippen molar-refractivity contribution in [3.05, 3.63) is 59.7 Å². The minimum absolute atomic E-state index is 0.114. The van der Waals surface area contributed by atoms with E-state index >= 15 is 0 Å². The Balaban J connectivity index is 1.33. The molecule has 0 radical (unpaired) electrons. The van der Waals surface area contributed by atoms with Crippen LogP contribution in [0.3, 0.4) is 0 Å². The minimum atomic E-state index is -0.992. The Kier molecular flexibility index (Phi) is 6.83. The van der Waals surface area contributed by atoms with Crippen molar-refractivity contribution in [1.29, 1.82) is 0 Å². The van der Waals surface area contributed by atoms with Crippen LogP contribution in [0.1, 0.15) is 49.0 Å². The summed E-state index contributed by atoms with van der Waals surface area (Å²) < 4.78 is 0. The topological polar surface area (TPSA) is 116 Å². The zero-order chi connectivity index (χ0) is 23.6. The summed E-state index contributed by atoms with van der Waals surface area (Å²) >= 11 is 0. The fourth-order valence-electron chi connectivity index (χ4n) is 5.48. The molecule has 7 nitrogen and oxygen atoms in total. The van der Waals surface area contributed by atoms with E-state index in [2.05, 4.69) is 48.7 Å². The van der Waals surface area contributed by atoms with Crippen LogP contribution in [0.5, 0.6) is 0 Å². The highest BCUT2D eigenvalue weighted by atomic mass is 16.5. The fraction of sp³-hybridized carbons (Fsp3) is 0.462. The van der Waals surface area contributed by atoms with Gasteiger partial charge in [0.15, 0.2) is 0 Å². The lowest BCUT2D eigenvalue weighted by atomic mass is 9.47. The first-order chi connectivity index (χ1) is 15.8. The zero-order valence-electron chi connectivity index (χ0n) is 19.3. The molecule has 0 spiro atoms. The summed E-state index contributed by atoms with van der Waals surface area (Å²) in [6.45, 7) is 5.61. The maximum absolute atomic E-state index is 12.4. The Bertz CT molecular complexity index is 986. The van der Waals surface area contributed by atoms with E-state index < -0.39 is 17.9 Å². The molecule has 3 saturated carbocycles. The number of hydrogen-bond donors (Lipinski definition) is 5. The third-order valence-corrected chi connectivity index (χ3v) is 7.83. The molecule has 0 aliphatic heterocycles. The number of rotatable bonds is 8. The van der Waals surface area contributed by atoms with Gasteiger partial charge in [0, 0.05) is 24.7 Å². The Labute approximate surface area is 195 Å². The molecule has 3 aliphatic rings. The van der Waals surface area contributed by atoms with Crippen molar-refractivity contribution < 1.29 is 14.8 Å². The molecule has 176 valence electrons. The molecule has 2 amide bonds. The summed E-state index contributed by atoms with van der Waals surface area (Å²) in [7, 11) is 0. The molecule has 2 bridgehead atoms. The molecular formula is C26H34N4O3. The standard InChI is InChI=1S/C26H34N4O3/c1-26(2)20-11-12-22(21(26)13-20)28-15-16-3-5-17(6-4-16)18-7-9-19(10-8-18)24(31)29-23(14-27)25(32)30-33/h3-10,20-23,28,33H,11-15,27H2,1-2H3,(H,29,31)(H,30,32)/t20-,21-,22?,23-/m0/s1. The van der Waals surface area contributed by atoms with Crippen LogP contribution in [0, 0.1) is 17.3 Å². The van der Waals surface area contributed by atoms with Crippen LogP contribution in [0.15, 0.2) is 48.5 Å². The number of benzene rings is 2. The second kappa shape index (κ2) is 9.63. The maximum Gasteiger partial charge on any atom is 0.267 e. The number of carbonyl (C=O) groups is 2. The zero-order valence-corrected chi connectivity index (χ0v) is 19.3. The Morgan fingerprint density at radius 2 is 1.70 bits per heavy atom. The van der Waals surface area contributed by atoms with Gasteiger partial charge in [0.05, 0.1) is 0 Å². The smallest absolute Gasteiger partial charge is 0.267 e. The lowest BCUT2D eigenvalue weighted by Gasteiger charge is -2.60. The summed E-state index contributed by atoms with van der Waals surface area (Å²) in [6.07, 6.45) is 4.00. The largest absolute Gasteiger partial charge is 0.339 e. The predicted molar refractivity (Wildman–Crippen MR) is 127 cm³/mol. The van der Waals surface area contributed by atoms with Gasteiger partial charge in [-0.25, -0.2) is 5.48 Å². The summed E-state index contributed by atoms with van der Waals surface area (Å²) in [4.78, 5) is 23.9. The van der Waals surface area contributed by atoms with Crippen molar-refractivity contribution >= 4 is 11.8 Å². The fourth-order valence-corrected chi connectivity index (χ4v) is 5.48. The van der Waals surface area contributed by atoms with Gasteiger partial charge >= 0.3 is 0 Å². The highest BCUT2D eigenvalue weighted by molar-refractivity contribution is 5.97. The molecule has 7 heteroatoms. The first-order valence-electron chi connectivity index (χ1n) is 11.7. The lowest BCUT2D eigenvalue weighted by Crippen LogP contribution is -2.58. The second-order valence-corrected chi connectivity index (χ2v) is 9.94. The van der Waals surface area contributed by atoms with Crippen molar-refractivity contribution in [3.8, 4) is 11.1 Å². The number of fused-ring (bicyclic) bond motifs is 2. The molecule has 4 atom stereocenters. The summed E-state index contributed by atoms with van der Waals surface area (Å²) in [5.74, 6) is 0.538. The van der Waals surface area contributed by atoms with Crippen LogP contribution in [-0.4, -0.2) is 35.7 Å². The SMILES string of the molecule is CC1(C)[C@H]2CCC(NCc3ccc(-c4ccc(C(=O)N[C@@H](CN)C(=O)NO)cc4)cc3)[C@@H]1C2. The molecule has 0 aromatic heterocycles. The monoisotopic (exact) mass is 450 g/mol. The Morgan fingerprint density at radius 1 is 1.06 bits per heavy atom. The number of hydrogen-bond acceptors (Lipinski definition) is 5. The van der Waals surface area contributed by atoms with Crippen LogP contribution in [0.25, 0.3) is 11.1 Å². The van der Waals surface area contributed by atoms with Gasteiger partial charge < -0.3 is 16.4 Å². The van der Waals surface area contributed by atoms with E-state index in [4.69, 9.17) is 10.9 Å².